The van der Waals surface area contributed by atoms with E-state index in [1.165, 1.54) is 5.56 Å². The number of carbonyl (C=O) groups excluding carboxylic acids is 1. The van der Waals surface area contributed by atoms with Crippen molar-refractivity contribution in [2.75, 3.05) is 0 Å². The van der Waals surface area contributed by atoms with Crippen LogP contribution in [0.1, 0.15) is 23.0 Å². The number of ketones is 1. The molecule has 0 spiro atoms. The number of hydrogen-bond acceptors (Lipinski definition) is 3. The first-order valence-electron chi connectivity index (χ1n) is 8.14. The zero-order valence-corrected chi connectivity index (χ0v) is 14.1. The first-order chi connectivity index (χ1) is 12.1. The van der Waals surface area contributed by atoms with Crippen LogP contribution in [-0.4, -0.2) is 20.2 Å². The van der Waals surface area contributed by atoms with Gasteiger partial charge in [0.2, 0.25) is 0 Å². The third kappa shape index (κ3) is 2.72. The fourth-order valence-corrected chi connectivity index (χ4v) is 3.06. The Bertz CT molecular complexity index is 1100. The molecule has 0 aliphatic heterocycles. The molecule has 0 unspecified atom stereocenters. The van der Waals surface area contributed by atoms with Gasteiger partial charge >= 0.3 is 0 Å². The maximum atomic E-state index is 11.8. The van der Waals surface area contributed by atoms with Crippen molar-refractivity contribution < 1.29 is 4.79 Å². The first kappa shape index (κ1) is 15.3. The predicted molar refractivity (Wildman–Crippen MR) is 98.6 cm³/mol. The van der Waals surface area contributed by atoms with Gasteiger partial charge in [0.25, 0.3) is 0 Å². The number of fused-ring (bicyclic) bond motifs is 1. The molecule has 0 amide bonds. The molecule has 0 radical (unpaired) electrons. The minimum Gasteiger partial charge on any atom is -0.296 e. The minimum atomic E-state index is -0.00487. The summed E-state index contributed by atoms with van der Waals surface area (Å²) in [6.07, 6.45) is 5.37. The fraction of sp³-hybridized carbons (Fsp3) is 0.0952. The quantitative estimate of drug-likeness (QED) is 0.518. The highest BCUT2D eigenvalue weighted by Gasteiger charge is 2.12. The van der Waals surface area contributed by atoms with E-state index in [1.54, 1.807) is 19.3 Å². The van der Waals surface area contributed by atoms with E-state index in [0.717, 1.165) is 28.0 Å². The normalized spacial score (nSPS) is 11.0. The average Bonchev–Trinajstić information content (AvgIpc) is 3.05. The molecular weight excluding hydrogens is 310 g/mol. The molecule has 4 aromatic rings. The molecule has 0 fully saturated rings. The van der Waals surface area contributed by atoms with Gasteiger partial charge in [-0.3, -0.25) is 14.2 Å². The number of carbonyl (C=O) groups is 1. The van der Waals surface area contributed by atoms with E-state index in [9.17, 15) is 4.79 Å². The Morgan fingerprint density at radius 1 is 1.00 bits per heavy atom. The van der Waals surface area contributed by atoms with Gasteiger partial charge in [0.15, 0.2) is 5.78 Å². The third-order valence-corrected chi connectivity index (χ3v) is 4.28. The van der Waals surface area contributed by atoms with Gasteiger partial charge in [-0.05, 0) is 31.2 Å². The van der Waals surface area contributed by atoms with Gasteiger partial charge in [-0.25, -0.2) is 4.98 Å². The van der Waals surface area contributed by atoms with Crippen LogP contribution >= 0.6 is 0 Å². The molecule has 0 saturated heterocycles. The van der Waals surface area contributed by atoms with Crippen LogP contribution in [0.3, 0.4) is 0 Å². The summed E-state index contributed by atoms with van der Waals surface area (Å²) < 4.78 is 1.84. The SMILES string of the molecule is CC(=O)c1cnc2ccc(-c3cccnc3-c3cccc(C)c3)cn12. The largest absolute Gasteiger partial charge is 0.296 e. The molecule has 0 aliphatic carbocycles. The van der Waals surface area contributed by atoms with Gasteiger partial charge in [-0.2, -0.15) is 0 Å². The molecule has 0 N–H and O–H groups in total. The molecule has 1 aromatic carbocycles. The van der Waals surface area contributed by atoms with Crippen LogP contribution in [0.2, 0.25) is 0 Å². The van der Waals surface area contributed by atoms with Crippen LogP contribution in [0.25, 0.3) is 28.0 Å². The maximum Gasteiger partial charge on any atom is 0.178 e. The lowest BCUT2D eigenvalue weighted by atomic mass is 9.99. The topological polar surface area (TPSA) is 47.3 Å². The number of aromatic nitrogens is 3. The van der Waals surface area contributed by atoms with Crippen molar-refractivity contribution in [3.05, 3.63) is 78.4 Å². The van der Waals surface area contributed by atoms with Crippen molar-refractivity contribution in [3.8, 4) is 22.4 Å². The highest BCUT2D eigenvalue weighted by molar-refractivity contribution is 5.93. The van der Waals surface area contributed by atoms with Crippen LogP contribution in [-0.2, 0) is 0 Å². The molecule has 0 aliphatic rings. The molecule has 4 rings (SSSR count). The van der Waals surface area contributed by atoms with E-state index in [2.05, 4.69) is 41.2 Å². The van der Waals surface area contributed by atoms with Crippen LogP contribution in [0, 0.1) is 6.92 Å². The summed E-state index contributed by atoms with van der Waals surface area (Å²) in [5.41, 5.74) is 6.56. The molecule has 0 atom stereocenters. The molecule has 3 aromatic heterocycles. The second-order valence-electron chi connectivity index (χ2n) is 6.11. The number of nitrogens with zero attached hydrogens (tertiary/aromatic N) is 3. The van der Waals surface area contributed by atoms with E-state index >= 15 is 0 Å². The monoisotopic (exact) mass is 327 g/mol. The molecule has 0 saturated carbocycles. The summed E-state index contributed by atoms with van der Waals surface area (Å²) in [6, 6.07) is 16.2. The Morgan fingerprint density at radius 2 is 1.88 bits per heavy atom. The summed E-state index contributed by atoms with van der Waals surface area (Å²) in [6.45, 7) is 3.63. The Hall–Kier alpha value is -3.27. The molecule has 0 bridgehead atoms. The third-order valence-electron chi connectivity index (χ3n) is 4.28. The van der Waals surface area contributed by atoms with E-state index < -0.39 is 0 Å². The lowest BCUT2D eigenvalue weighted by molar-refractivity contribution is 0.101. The maximum absolute atomic E-state index is 11.8. The Kier molecular flexibility index (Phi) is 3.65. The summed E-state index contributed by atoms with van der Waals surface area (Å²) >= 11 is 0. The van der Waals surface area contributed by atoms with Gasteiger partial charge in [-0.15, -0.1) is 0 Å². The highest BCUT2D eigenvalue weighted by Crippen LogP contribution is 2.30. The Morgan fingerprint density at radius 3 is 2.68 bits per heavy atom. The second-order valence-corrected chi connectivity index (χ2v) is 6.11. The van der Waals surface area contributed by atoms with Gasteiger partial charge in [0, 0.05) is 36.0 Å². The van der Waals surface area contributed by atoms with Crippen LogP contribution in [0.4, 0.5) is 0 Å². The van der Waals surface area contributed by atoms with Crippen LogP contribution in [0.15, 0.2) is 67.1 Å². The number of imidazole rings is 1. The number of benzene rings is 1. The summed E-state index contributed by atoms with van der Waals surface area (Å²) in [5.74, 6) is -0.00487. The van der Waals surface area contributed by atoms with Gasteiger partial charge < -0.3 is 0 Å². The second kappa shape index (κ2) is 5.98. The van der Waals surface area contributed by atoms with Crippen molar-refractivity contribution in [2.45, 2.75) is 13.8 Å². The minimum absolute atomic E-state index is 0.00487. The first-order valence-corrected chi connectivity index (χ1v) is 8.14. The zero-order chi connectivity index (χ0) is 17.4. The predicted octanol–water partition coefficient (Wildman–Crippen LogP) is 4.57. The van der Waals surface area contributed by atoms with Gasteiger partial charge in [-0.1, -0.05) is 29.8 Å². The average molecular weight is 327 g/mol. The number of pyridine rings is 2. The van der Waals surface area contributed by atoms with E-state index in [4.69, 9.17) is 0 Å². The summed E-state index contributed by atoms with van der Waals surface area (Å²) in [7, 11) is 0. The summed E-state index contributed by atoms with van der Waals surface area (Å²) in [5, 5.41) is 0. The van der Waals surface area contributed by atoms with E-state index in [-0.39, 0.29) is 5.78 Å². The van der Waals surface area contributed by atoms with Gasteiger partial charge in [0.05, 0.1) is 11.9 Å². The van der Waals surface area contributed by atoms with Crippen molar-refractivity contribution >= 4 is 11.4 Å². The molecule has 3 heterocycles. The molecule has 4 nitrogen and oxygen atoms in total. The number of aryl methyl sites for hydroxylation is 1. The Balaban J connectivity index is 1.92. The van der Waals surface area contributed by atoms with E-state index in [1.807, 2.05) is 34.9 Å². The standard InChI is InChI=1S/C21H17N3O/c1-14-5-3-6-16(11-14)21-18(7-4-10-22-21)17-8-9-20-23-12-19(15(2)25)24(20)13-17/h3-13H,1-2H3. The van der Waals surface area contributed by atoms with Crippen molar-refractivity contribution in [1.82, 2.24) is 14.4 Å². The molecular formula is C21H17N3O. The number of hydrogen-bond donors (Lipinski definition) is 0. The number of rotatable bonds is 3. The Labute approximate surface area is 145 Å². The van der Waals surface area contributed by atoms with Crippen molar-refractivity contribution in [1.29, 1.82) is 0 Å². The van der Waals surface area contributed by atoms with Gasteiger partial charge in [0.1, 0.15) is 11.3 Å². The smallest absolute Gasteiger partial charge is 0.178 e. The molecule has 25 heavy (non-hydrogen) atoms. The fourth-order valence-electron chi connectivity index (χ4n) is 3.06. The molecule has 122 valence electrons. The lowest BCUT2D eigenvalue weighted by Crippen LogP contribution is -1.99. The van der Waals surface area contributed by atoms with Crippen LogP contribution in [0.5, 0.6) is 0 Å². The molecule has 4 heteroatoms. The van der Waals surface area contributed by atoms with Crippen molar-refractivity contribution in [2.24, 2.45) is 0 Å². The van der Waals surface area contributed by atoms with Crippen molar-refractivity contribution in [3.63, 3.8) is 0 Å². The number of Topliss-reactive ketones (excluding diaryl/α,β-unsaturated/α-hetero) is 1. The summed E-state index contributed by atoms with van der Waals surface area (Å²) in [4.78, 5) is 20.7. The lowest BCUT2D eigenvalue weighted by Gasteiger charge is -2.10. The highest BCUT2D eigenvalue weighted by atomic mass is 16.1. The van der Waals surface area contributed by atoms with E-state index in [0.29, 0.717) is 5.69 Å². The zero-order valence-electron chi connectivity index (χ0n) is 14.1. The van der Waals surface area contributed by atoms with Crippen LogP contribution < -0.4 is 0 Å².